The Morgan fingerprint density at radius 3 is 2.11 bits per heavy atom. The van der Waals surface area contributed by atoms with Gasteiger partial charge in [-0.3, -0.25) is 4.79 Å². The molecule has 0 spiro atoms. The third-order valence-corrected chi connectivity index (χ3v) is 6.74. The van der Waals surface area contributed by atoms with Gasteiger partial charge in [0.15, 0.2) is 0 Å². The lowest BCUT2D eigenvalue weighted by Crippen LogP contribution is -2.37. The van der Waals surface area contributed by atoms with Crippen LogP contribution in [-0.4, -0.2) is 50.7 Å². The van der Waals surface area contributed by atoms with Crippen molar-refractivity contribution in [1.29, 1.82) is 0 Å². The topological polar surface area (TPSA) is 60.9 Å². The number of hydrogen-bond donors (Lipinski definition) is 0. The zero-order valence-electron chi connectivity index (χ0n) is 16.1. The lowest BCUT2D eigenvalue weighted by Gasteiger charge is -2.30. The number of anilines is 1. The molecule has 0 bridgehead atoms. The average Bonchev–Trinajstić information content (AvgIpc) is 3.08. The highest BCUT2D eigenvalue weighted by Gasteiger charge is 2.42. The summed E-state index contributed by atoms with van der Waals surface area (Å²) in [4.78, 5) is 16.0. The van der Waals surface area contributed by atoms with Crippen LogP contribution in [-0.2, 0) is 14.8 Å². The molecule has 7 heteroatoms. The standard InChI is InChI=1S/C20H25N3O3S/c1-15-5-11-19(12-6-15)27(25,26)23-14-13-22(16(2)24)20(23)17-7-9-18(10-8-17)21(3)4/h5-12,20H,13-14H2,1-4H3/t20-/m0/s1. The molecule has 1 saturated heterocycles. The van der Waals surface area contributed by atoms with Gasteiger partial charge in [0.1, 0.15) is 6.17 Å². The fraction of sp³-hybridized carbons (Fsp3) is 0.350. The molecule has 2 aromatic carbocycles. The van der Waals surface area contributed by atoms with Gasteiger partial charge in [0.2, 0.25) is 15.9 Å². The van der Waals surface area contributed by atoms with Crippen LogP contribution in [0.5, 0.6) is 0 Å². The van der Waals surface area contributed by atoms with Crippen LogP contribution in [0.25, 0.3) is 0 Å². The van der Waals surface area contributed by atoms with E-state index >= 15 is 0 Å². The van der Waals surface area contributed by atoms with Crippen molar-refractivity contribution in [2.45, 2.75) is 24.9 Å². The van der Waals surface area contributed by atoms with Gasteiger partial charge in [0.25, 0.3) is 0 Å². The summed E-state index contributed by atoms with van der Waals surface area (Å²) in [6, 6.07) is 14.4. The van der Waals surface area contributed by atoms with Gasteiger partial charge in [0.05, 0.1) is 4.90 Å². The number of rotatable bonds is 4. The number of benzene rings is 2. The van der Waals surface area contributed by atoms with E-state index in [2.05, 4.69) is 0 Å². The smallest absolute Gasteiger partial charge is 0.245 e. The minimum Gasteiger partial charge on any atom is -0.378 e. The Hall–Kier alpha value is -2.38. The maximum Gasteiger partial charge on any atom is 0.245 e. The highest BCUT2D eigenvalue weighted by atomic mass is 32.2. The van der Waals surface area contributed by atoms with Crippen molar-refractivity contribution in [3.8, 4) is 0 Å². The molecule has 2 aromatic rings. The first kappa shape index (κ1) is 19.4. The van der Waals surface area contributed by atoms with E-state index in [1.807, 2.05) is 50.2 Å². The zero-order chi connectivity index (χ0) is 19.8. The van der Waals surface area contributed by atoms with E-state index in [1.54, 1.807) is 29.2 Å². The Morgan fingerprint density at radius 2 is 1.59 bits per heavy atom. The first-order valence-corrected chi connectivity index (χ1v) is 10.3. The Morgan fingerprint density at radius 1 is 1.00 bits per heavy atom. The summed E-state index contributed by atoms with van der Waals surface area (Å²) in [5.74, 6) is -0.140. The summed E-state index contributed by atoms with van der Waals surface area (Å²) in [7, 11) is 0.173. The molecule has 1 aliphatic heterocycles. The lowest BCUT2D eigenvalue weighted by atomic mass is 10.1. The number of amides is 1. The molecule has 0 aromatic heterocycles. The quantitative estimate of drug-likeness (QED) is 0.809. The maximum absolute atomic E-state index is 13.3. The molecule has 1 amide bonds. The number of aryl methyl sites for hydroxylation is 1. The first-order chi connectivity index (χ1) is 12.7. The highest BCUT2D eigenvalue weighted by molar-refractivity contribution is 7.89. The number of carbonyl (C=O) groups is 1. The molecule has 0 saturated carbocycles. The van der Waals surface area contributed by atoms with Gasteiger partial charge in [0, 0.05) is 39.8 Å². The molecular formula is C20H25N3O3S. The van der Waals surface area contributed by atoms with Crippen LogP contribution in [0.2, 0.25) is 0 Å². The lowest BCUT2D eigenvalue weighted by molar-refractivity contribution is -0.130. The van der Waals surface area contributed by atoms with Crippen LogP contribution >= 0.6 is 0 Å². The van der Waals surface area contributed by atoms with Crippen molar-refractivity contribution in [3.05, 3.63) is 59.7 Å². The molecule has 1 atom stereocenters. The molecule has 1 aliphatic rings. The van der Waals surface area contributed by atoms with Crippen molar-refractivity contribution in [2.24, 2.45) is 0 Å². The second-order valence-electron chi connectivity index (χ2n) is 7.00. The van der Waals surface area contributed by atoms with Gasteiger partial charge in [-0.2, -0.15) is 4.31 Å². The Kier molecular flexibility index (Phi) is 5.26. The van der Waals surface area contributed by atoms with Gasteiger partial charge in [-0.25, -0.2) is 8.42 Å². The minimum absolute atomic E-state index is 0.140. The molecule has 3 rings (SSSR count). The predicted molar refractivity (Wildman–Crippen MR) is 106 cm³/mol. The van der Waals surface area contributed by atoms with Gasteiger partial charge in [-0.15, -0.1) is 0 Å². The van der Waals surface area contributed by atoms with Crippen LogP contribution in [0.4, 0.5) is 5.69 Å². The molecule has 0 aliphatic carbocycles. The van der Waals surface area contributed by atoms with E-state index in [1.165, 1.54) is 11.2 Å². The molecule has 0 radical (unpaired) electrons. The number of sulfonamides is 1. The van der Waals surface area contributed by atoms with Gasteiger partial charge >= 0.3 is 0 Å². The maximum atomic E-state index is 13.3. The van der Waals surface area contributed by atoms with Crippen molar-refractivity contribution < 1.29 is 13.2 Å². The number of nitrogens with zero attached hydrogens (tertiary/aromatic N) is 3. The monoisotopic (exact) mass is 387 g/mol. The molecule has 0 unspecified atom stereocenters. The van der Waals surface area contributed by atoms with E-state index in [0.717, 1.165) is 16.8 Å². The summed E-state index contributed by atoms with van der Waals surface area (Å²) in [6.07, 6.45) is -0.634. The zero-order valence-corrected chi connectivity index (χ0v) is 16.9. The SMILES string of the molecule is CC(=O)N1CCN(S(=O)(=O)c2ccc(C)cc2)[C@H]1c1ccc(N(C)C)cc1. The molecule has 144 valence electrons. The highest BCUT2D eigenvalue weighted by Crippen LogP contribution is 2.35. The second-order valence-corrected chi connectivity index (χ2v) is 8.89. The summed E-state index contributed by atoms with van der Waals surface area (Å²) in [6.45, 7) is 4.04. The largest absolute Gasteiger partial charge is 0.378 e. The molecule has 1 fully saturated rings. The fourth-order valence-corrected chi connectivity index (χ4v) is 4.90. The number of hydrogen-bond acceptors (Lipinski definition) is 4. The molecule has 27 heavy (non-hydrogen) atoms. The molecule has 0 N–H and O–H groups in total. The van der Waals surface area contributed by atoms with E-state index in [0.29, 0.717) is 6.54 Å². The van der Waals surface area contributed by atoms with Crippen molar-refractivity contribution in [1.82, 2.24) is 9.21 Å². The van der Waals surface area contributed by atoms with Crippen LogP contribution in [0.1, 0.15) is 24.2 Å². The fourth-order valence-electron chi connectivity index (χ4n) is 3.32. The van der Waals surface area contributed by atoms with Crippen molar-refractivity contribution >= 4 is 21.6 Å². The van der Waals surface area contributed by atoms with E-state index in [4.69, 9.17) is 0 Å². The van der Waals surface area contributed by atoms with E-state index < -0.39 is 16.2 Å². The van der Waals surface area contributed by atoms with Crippen LogP contribution in [0.15, 0.2) is 53.4 Å². The van der Waals surface area contributed by atoms with E-state index in [9.17, 15) is 13.2 Å². The number of carbonyl (C=O) groups excluding carboxylic acids is 1. The van der Waals surface area contributed by atoms with Gasteiger partial charge in [-0.1, -0.05) is 29.8 Å². The molecular weight excluding hydrogens is 362 g/mol. The second kappa shape index (κ2) is 7.32. The normalized spacial score (nSPS) is 17.9. The third-order valence-electron chi connectivity index (χ3n) is 4.87. The Balaban J connectivity index is 2.03. The van der Waals surface area contributed by atoms with Gasteiger partial charge in [-0.05, 0) is 36.8 Å². The third kappa shape index (κ3) is 3.70. The van der Waals surface area contributed by atoms with Crippen LogP contribution in [0, 0.1) is 6.92 Å². The average molecular weight is 388 g/mol. The van der Waals surface area contributed by atoms with Crippen molar-refractivity contribution in [3.63, 3.8) is 0 Å². The molecule has 1 heterocycles. The van der Waals surface area contributed by atoms with Crippen LogP contribution < -0.4 is 4.90 Å². The predicted octanol–water partition coefficient (Wildman–Crippen LogP) is 2.61. The van der Waals surface area contributed by atoms with Gasteiger partial charge < -0.3 is 9.80 Å². The minimum atomic E-state index is -3.72. The Labute approximate surface area is 161 Å². The first-order valence-electron chi connectivity index (χ1n) is 8.85. The molecule has 6 nitrogen and oxygen atoms in total. The summed E-state index contributed by atoms with van der Waals surface area (Å²) in [5.41, 5.74) is 2.79. The van der Waals surface area contributed by atoms with Crippen LogP contribution in [0.3, 0.4) is 0 Å². The van der Waals surface area contributed by atoms with E-state index in [-0.39, 0.29) is 17.3 Å². The summed E-state index contributed by atoms with van der Waals surface area (Å²) in [5, 5.41) is 0. The Bertz CT molecular complexity index is 922. The summed E-state index contributed by atoms with van der Waals surface area (Å²) < 4.78 is 27.9. The van der Waals surface area contributed by atoms with Crippen molar-refractivity contribution in [2.75, 3.05) is 32.1 Å². The summed E-state index contributed by atoms with van der Waals surface area (Å²) >= 11 is 0.